The van der Waals surface area contributed by atoms with Crippen molar-refractivity contribution in [2.75, 3.05) is 45.3 Å². The highest BCUT2D eigenvalue weighted by Crippen LogP contribution is 2.40. The first-order valence-electron chi connectivity index (χ1n) is 11.4. The zero-order valence-electron chi connectivity index (χ0n) is 19.4. The Bertz CT molecular complexity index is 1330. The molecule has 0 unspecified atom stereocenters. The molecular formula is C27H29N3O3. The quantitative estimate of drug-likeness (QED) is 0.443. The van der Waals surface area contributed by atoms with Crippen molar-refractivity contribution in [2.45, 2.75) is 13.3 Å². The molecule has 1 amide bonds. The Hall–Kier alpha value is -3.51. The van der Waals surface area contributed by atoms with E-state index in [1.165, 1.54) is 5.56 Å². The van der Waals surface area contributed by atoms with Gasteiger partial charge in [-0.05, 0) is 62.7 Å². The molecule has 0 bridgehead atoms. The van der Waals surface area contributed by atoms with Crippen LogP contribution in [0.4, 0.5) is 5.69 Å². The summed E-state index contributed by atoms with van der Waals surface area (Å²) in [4.78, 5) is 20.8. The molecule has 1 N–H and O–H groups in total. The molecule has 1 aliphatic rings. The summed E-state index contributed by atoms with van der Waals surface area (Å²) in [5.41, 5.74) is 3.64. The predicted molar refractivity (Wildman–Crippen MR) is 133 cm³/mol. The number of nitrogens with zero attached hydrogens (tertiary/aromatic N) is 2. The largest absolute Gasteiger partial charge is 0.493 e. The molecular weight excluding hydrogens is 414 g/mol. The van der Waals surface area contributed by atoms with Crippen molar-refractivity contribution in [3.8, 4) is 11.5 Å². The Kier molecular flexibility index (Phi) is 5.68. The van der Waals surface area contributed by atoms with Crippen molar-refractivity contribution < 1.29 is 14.3 Å². The van der Waals surface area contributed by atoms with Crippen LogP contribution in [0.5, 0.6) is 11.5 Å². The molecule has 170 valence electrons. The van der Waals surface area contributed by atoms with Crippen molar-refractivity contribution >= 4 is 33.3 Å². The summed E-state index contributed by atoms with van der Waals surface area (Å²) < 4.78 is 11.8. The summed E-state index contributed by atoms with van der Waals surface area (Å²) >= 11 is 0. The number of likely N-dealkylation sites (N-methyl/N-ethyl adjacent to an activating group) is 1. The minimum Gasteiger partial charge on any atom is -0.493 e. The second-order valence-electron chi connectivity index (χ2n) is 8.64. The van der Waals surface area contributed by atoms with E-state index >= 15 is 0 Å². The van der Waals surface area contributed by atoms with Crippen molar-refractivity contribution in [2.24, 2.45) is 0 Å². The predicted octanol–water partition coefficient (Wildman–Crippen LogP) is 4.86. The Morgan fingerprint density at radius 1 is 1.06 bits per heavy atom. The van der Waals surface area contributed by atoms with Gasteiger partial charge >= 0.3 is 0 Å². The summed E-state index contributed by atoms with van der Waals surface area (Å²) in [6.45, 7) is 4.69. The van der Waals surface area contributed by atoms with Gasteiger partial charge in [0, 0.05) is 35.4 Å². The molecule has 5 rings (SSSR count). The SMILES string of the molecule is CCOc1cc2c(c3ccccc13)CCN2C(=O)c1cc2cc(OCCN(C)C)ccc2[nH]1. The van der Waals surface area contributed by atoms with Gasteiger partial charge in [0.05, 0.1) is 12.3 Å². The molecule has 2 heterocycles. The number of carbonyl (C=O) groups excluding carboxylic acids is 1. The zero-order chi connectivity index (χ0) is 22.9. The highest BCUT2D eigenvalue weighted by atomic mass is 16.5. The third kappa shape index (κ3) is 4.02. The molecule has 6 heteroatoms. The number of fused-ring (bicyclic) bond motifs is 4. The molecule has 1 aromatic heterocycles. The van der Waals surface area contributed by atoms with Gasteiger partial charge < -0.3 is 24.3 Å². The van der Waals surface area contributed by atoms with E-state index in [1.54, 1.807) is 0 Å². The second-order valence-corrected chi connectivity index (χ2v) is 8.64. The Morgan fingerprint density at radius 3 is 2.67 bits per heavy atom. The fraction of sp³-hybridized carbons (Fsp3) is 0.296. The van der Waals surface area contributed by atoms with E-state index < -0.39 is 0 Å². The lowest BCUT2D eigenvalue weighted by Gasteiger charge is -2.19. The number of hydrogen-bond donors (Lipinski definition) is 1. The van der Waals surface area contributed by atoms with Crippen LogP contribution >= 0.6 is 0 Å². The normalized spacial score (nSPS) is 13.2. The number of anilines is 1. The number of ether oxygens (including phenoxy) is 2. The van der Waals surface area contributed by atoms with E-state index in [2.05, 4.69) is 22.0 Å². The van der Waals surface area contributed by atoms with Crippen LogP contribution in [-0.2, 0) is 6.42 Å². The summed E-state index contributed by atoms with van der Waals surface area (Å²) in [6, 6.07) is 18.1. The molecule has 0 radical (unpaired) electrons. The fourth-order valence-corrected chi connectivity index (χ4v) is 4.53. The van der Waals surface area contributed by atoms with Gasteiger partial charge in [0.1, 0.15) is 23.8 Å². The molecule has 0 aliphatic carbocycles. The number of H-pyrrole nitrogens is 1. The smallest absolute Gasteiger partial charge is 0.274 e. The molecule has 0 atom stereocenters. The number of amides is 1. The maximum absolute atomic E-state index is 13.5. The molecule has 0 fully saturated rings. The first-order valence-corrected chi connectivity index (χ1v) is 11.4. The number of aromatic amines is 1. The average molecular weight is 444 g/mol. The van der Waals surface area contributed by atoms with Crippen molar-refractivity contribution in [1.29, 1.82) is 0 Å². The Morgan fingerprint density at radius 2 is 1.88 bits per heavy atom. The Labute approximate surface area is 193 Å². The monoisotopic (exact) mass is 443 g/mol. The lowest BCUT2D eigenvalue weighted by atomic mass is 10.0. The zero-order valence-corrected chi connectivity index (χ0v) is 19.4. The lowest BCUT2D eigenvalue weighted by Crippen LogP contribution is -2.29. The molecule has 33 heavy (non-hydrogen) atoms. The summed E-state index contributed by atoms with van der Waals surface area (Å²) in [5, 5.41) is 3.22. The molecule has 0 spiro atoms. The van der Waals surface area contributed by atoms with Gasteiger partial charge in [-0.2, -0.15) is 0 Å². The van der Waals surface area contributed by atoms with Crippen LogP contribution in [0.25, 0.3) is 21.7 Å². The van der Waals surface area contributed by atoms with E-state index in [-0.39, 0.29) is 5.91 Å². The van der Waals surface area contributed by atoms with Gasteiger partial charge in [-0.3, -0.25) is 4.79 Å². The van der Waals surface area contributed by atoms with Gasteiger partial charge in [0.2, 0.25) is 0 Å². The molecule has 6 nitrogen and oxygen atoms in total. The number of nitrogens with one attached hydrogen (secondary N) is 1. The van der Waals surface area contributed by atoms with Gasteiger partial charge in [0.15, 0.2) is 0 Å². The molecule has 0 saturated heterocycles. The van der Waals surface area contributed by atoms with Crippen LogP contribution in [-0.4, -0.2) is 56.2 Å². The van der Waals surface area contributed by atoms with E-state index in [9.17, 15) is 4.79 Å². The standard InChI is InChI=1S/C27H29N3O3/c1-4-32-26-17-25-21(20-7-5-6-8-22(20)26)11-12-30(25)27(31)24-16-18-15-19(9-10-23(18)28-24)33-14-13-29(2)3/h5-10,15-17,28H,4,11-14H2,1-3H3. The second kappa shape index (κ2) is 8.79. The van der Waals surface area contributed by atoms with E-state index in [4.69, 9.17) is 9.47 Å². The van der Waals surface area contributed by atoms with Gasteiger partial charge in [-0.1, -0.05) is 24.3 Å². The number of aromatic nitrogens is 1. The first kappa shape index (κ1) is 21.3. The topological polar surface area (TPSA) is 57.8 Å². The van der Waals surface area contributed by atoms with E-state index in [0.29, 0.717) is 25.5 Å². The van der Waals surface area contributed by atoms with Crippen molar-refractivity contribution in [3.05, 3.63) is 65.9 Å². The number of hydrogen-bond acceptors (Lipinski definition) is 4. The van der Waals surface area contributed by atoms with Crippen molar-refractivity contribution in [1.82, 2.24) is 9.88 Å². The molecule has 4 aromatic rings. The average Bonchev–Trinajstić information content (AvgIpc) is 3.43. The van der Waals surface area contributed by atoms with Crippen LogP contribution < -0.4 is 14.4 Å². The lowest BCUT2D eigenvalue weighted by molar-refractivity contribution is 0.0985. The Balaban J connectivity index is 1.45. The van der Waals surface area contributed by atoms with Crippen LogP contribution in [0.15, 0.2) is 54.6 Å². The van der Waals surface area contributed by atoms with Crippen LogP contribution in [0.3, 0.4) is 0 Å². The number of carbonyl (C=O) groups is 1. The van der Waals surface area contributed by atoms with Gasteiger partial charge in [-0.15, -0.1) is 0 Å². The number of rotatable bonds is 7. The highest BCUT2D eigenvalue weighted by Gasteiger charge is 2.29. The first-order chi connectivity index (χ1) is 16.0. The third-order valence-corrected chi connectivity index (χ3v) is 6.15. The summed E-state index contributed by atoms with van der Waals surface area (Å²) in [5.74, 6) is 1.60. The third-order valence-electron chi connectivity index (χ3n) is 6.15. The van der Waals surface area contributed by atoms with E-state index in [0.717, 1.165) is 51.8 Å². The summed E-state index contributed by atoms with van der Waals surface area (Å²) in [7, 11) is 4.04. The molecule has 1 aliphatic heterocycles. The van der Waals surface area contributed by atoms with Gasteiger partial charge in [0.25, 0.3) is 5.91 Å². The minimum atomic E-state index is -0.0299. The van der Waals surface area contributed by atoms with Crippen LogP contribution in [0.2, 0.25) is 0 Å². The van der Waals surface area contributed by atoms with Crippen molar-refractivity contribution in [3.63, 3.8) is 0 Å². The fourth-order valence-electron chi connectivity index (χ4n) is 4.53. The van der Waals surface area contributed by atoms with Crippen LogP contribution in [0.1, 0.15) is 23.0 Å². The molecule has 3 aromatic carbocycles. The molecule has 0 saturated carbocycles. The van der Waals surface area contributed by atoms with E-state index in [1.807, 2.05) is 68.4 Å². The maximum Gasteiger partial charge on any atom is 0.274 e. The highest BCUT2D eigenvalue weighted by molar-refractivity contribution is 6.11. The summed E-state index contributed by atoms with van der Waals surface area (Å²) in [6.07, 6.45) is 0.831. The maximum atomic E-state index is 13.5. The van der Waals surface area contributed by atoms with Crippen LogP contribution in [0, 0.1) is 0 Å². The minimum absolute atomic E-state index is 0.0299. The number of benzene rings is 3. The van der Waals surface area contributed by atoms with Gasteiger partial charge in [-0.25, -0.2) is 0 Å².